The smallest absolute Gasteiger partial charge is 0.248 e. The number of hydrogen-bond donors (Lipinski definition) is 3. The average molecular weight is 560 g/mol. The quantitative estimate of drug-likeness (QED) is 0.164. The maximum Gasteiger partial charge on any atom is 0.248 e. The van der Waals surface area contributed by atoms with E-state index < -0.39 is 16.7 Å². The van der Waals surface area contributed by atoms with E-state index in [1.165, 1.54) is 12.4 Å². The van der Waals surface area contributed by atoms with Crippen LogP contribution < -0.4 is 10.6 Å². The molecule has 0 bridgehead atoms. The Morgan fingerprint density at radius 2 is 2.00 bits per heavy atom. The Kier molecular flexibility index (Phi) is 6.87. The number of anilines is 3. The summed E-state index contributed by atoms with van der Waals surface area (Å²) in [5, 5.41) is 13.8. The van der Waals surface area contributed by atoms with E-state index in [2.05, 4.69) is 35.7 Å². The van der Waals surface area contributed by atoms with Crippen LogP contribution in [0, 0.1) is 11.6 Å². The first kappa shape index (κ1) is 25.8. The molecule has 3 N–H and O–H groups in total. The van der Waals surface area contributed by atoms with E-state index in [4.69, 9.17) is 11.6 Å². The molecular formula is C29H24ClF2N7O. The summed E-state index contributed by atoms with van der Waals surface area (Å²) < 4.78 is 28.7. The van der Waals surface area contributed by atoms with Crippen LogP contribution in [0.25, 0.3) is 32.9 Å². The SMILES string of the molecule is CN1CCCC1/C=C/C(=O)Nc1ccc2ncnc(Nc3ccc(F)c(Cl)c3F)c2c1-c1ccc2cn[nH]c2c1. The zero-order valence-corrected chi connectivity index (χ0v) is 22.1. The van der Waals surface area contributed by atoms with Gasteiger partial charge in [-0.05, 0) is 62.3 Å². The minimum atomic E-state index is -0.944. The highest BCUT2D eigenvalue weighted by molar-refractivity contribution is 6.31. The topological polar surface area (TPSA) is 98.8 Å². The standard InChI is InChI=1S/C29H24ClF2N7O/c1-39-12-2-3-18(39)6-11-24(40)36-21-10-9-20-26(25(21)16-4-5-17-14-35-38-23(17)13-16)29(34-15-33-20)37-22-8-7-19(31)27(30)28(22)32/h4-11,13-15,18H,2-3,12H2,1H3,(H,35,38)(H,36,40)(H,33,34,37)/b11-6+. The van der Waals surface area contributed by atoms with E-state index in [1.54, 1.807) is 24.4 Å². The van der Waals surface area contributed by atoms with Gasteiger partial charge in [0.15, 0.2) is 5.82 Å². The number of halogens is 3. The Morgan fingerprint density at radius 3 is 2.83 bits per heavy atom. The largest absolute Gasteiger partial charge is 0.337 e. The number of H-pyrrole nitrogens is 1. The van der Waals surface area contributed by atoms with E-state index in [0.29, 0.717) is 22.2 Å². The Labute approximate surface area is 233 Å². The second kappa shape index (κ2) is 10.6. The number of nitrogens with one attached hydrogen (secondary N) is 3. The van der Waals surface area contributed by atoms with Gasteiger partial charge in [-0.2, -0.15) is 5.10 Å². The summed E-state index contributed by atoms with van der Waals surface area (Å²) in [5.74, 6) is -1.84. The minimum Gasteiger partial charge on any atom is -0.337 e. The van der Waals surface area contributed by atoms with Crippen LogP contribution >= 0.6 is 11.6 Å². The fourth-order valence-corrected chi connectivity index (χ4v) is 5.21. The monoisotopic (exact) mass is 559 g/mol. The van der Waals surface area contributed by atoms with Crippen molar-refractivity contribution in [1.29, 1.82) is 0 Å². The lowest BCUT2D eigenvalue weighted by atomic mass is 9.97. The predicted octanol–water partition coefficient (Wildman–Crippen LogP) is 6.44. The van der Waals surface area contributed by atoms with Gasteiger partial charge in [0.25, 0.3) is 0 Å². The van der Waals surface area contributed by atoms with Gasteiger partial charge in [0.2, 0.25) is 5.91 Å². The van der Waals surface area contributed by atoms with Gasteiger partial charge < -0.3 is 10.6 Å². The highest BCUT2D eigenvalue weighted by atomic mass is 35.5. The zero-order valence-electron chi connectivity index (χ0n) is 21.4. The number of rotatable bonds is 6. The molecule has 2 aromatic heterocycles. The first-order valence-electron chi connectivity index (χ1n) is 12.7. The van der Waals surface area contributed by atoms with E-state index in [-0.39, 0.29) is 23.5 Å². The van der Waals surface area contributed by atoms with Gasteiger partial charge >= 0.3 is 0 Å². The van der Waals surface area contributed by atoms with Gasteiger partial charge in [0.1, 0.15) is 23.0 Å². The molecule has 0 saturated carbocycles. The normalized spacial score (nSPS) is 15.8. The number of carbonyl (C=O) groups excluding carboxylic acids is 1. The van der Waals surface area contributed by atoms with Crippen LogP contribution in [-0.2, 0) is 4.79 Å². The molecule has 0 aliphatic carbocycles. The number of benzene rings is 3. The maximum atomic E-state index is 14.8. The second-order valence-electron chi connectivity index (χ2n) is 9.66. The number of aromatic amines is 1. The Morgan fingerprint density at radius 1 is 1.15 bits per heavy atom. The number of carbonyl (C=O) groups is 1. The van der Waals surface area contributed by atoms with Gasteiger partial charge in [-0.15, -0.1) is 0 Å². The van der Waals surface area contributed by atoms with Crippen molar-refractivity contribution < 1.29 is 13.6 Å². The molecule has 3 aromatic carbocycles. The number of hydrogen-bond acceptors (Lipinski definition) is 6. The molecule has 1 atom stereocenters. The highest BCUT2D eigenvalue weighted by Gasteiger charge is 2.21. The molecule has 40 heavy (non-hydrogen) atoms. The molecule has 202 valence electrons. The summed E-state index contributed by atoms with van der Waals surface area (Å²) in [6.45, 7) is 0.997. The van der Waals surface area contributed by atoms with E-state index >= 15 is 0 Å². The first-order chi connectivity index (χ1) is 19.4. The van der Waals surface area contributed by atoms with Crippen LogP contribution in [0.15, 0.2) is 67.1 Å². The second-order valence-corrected chi connectivity index (χ2v) is 10.0. The molecule has 1 aliphatic heterocycles. The molecule has 11 heteroatoms. The van der Waals surface area contributed by atoms with Gasteiger partial charge in [0, 0.05) is 28.8 Å². The fourth-order valence-electron chi connectivity index (χ4n) is 5.05. The molecule has 8 nitrogen and oxygen atoms in total. The molecule has 1 saturated heterocycles. The van der Waals surface area contributed by atoms with Crippen molar-refractivity contribution in [2.24, 2.45) is 0 Å². The number of nitrogens with zero attached hydrogens (tertiary/aromatic N) is 4. The summed E-state index contributed by atoms with van der Waals surface area (Å²) in [7, 11) is 2.04. The Bertz CT molecular complexity index is 1790. The minimum absolute atomic E-state index is 0.0561. The third-order valence-electron chi connectivity index (χ3n) is 7.13. The number of fused-ring (bicyclic) bond motifs is 2. The molecule has 5 aromatic rings. The molecular weight excluding hydrogens is 536 g/mol. The van der Waals surface area contributed by atoms with Crippen LogP contribution in [0.2, 0.25) is 5.02 Å². The summed E-state index contributed by atoms with van der Waals surface area (Å²) in [6, 6.07) is 11.8. The number of likely N-dealkylation sites (tertiary alicyclic amines) is 1. The lowest BCUT2D eigenvalue weighted by Crippen LogP contribution is -2.23. The molecule has 1 unspecified atom stereocenters. The molecule has 0 spiro atoms. The van der Waals surface area contributed by atoms with Gasteiger partial charge in [-0.25, -0.2) is 18.7 Å². The number of likely N-dealkylation sites (N-methyl/N-ethyl adjacent to an activating group) is 1. The molecule has 1 amide bonds. The van der Waals surface area contributed by atoms with Crippen molar-refractivity contribution in [1.82, 2.24) is 25.1 Å². The summed E-state index contributed by atoms with van der Waals surface area (Å²) >= 11 is 5.82. The highest BCUT2D eigenvalue weighted by Crippen LogP contribution is 2.40. The van der Waals surface area contributed by atoms with Crippen molar-refractivity contribution in [2.75, 3.05) is 24.2 Å². The predicted molar refractivity (Wildman–Crippen MR) is 153 cm³/mol. The first-order valence-corrected chi connectivity index (χ1v) is 13.1. The summed E-state index contributed by atoms with van der Waals surface area (Å²) in [4.78, 5) is 24.1. The molecule has 1 fully saturated rings. The maximum absolute atomic E-state index is 14.8. The third-order valence-corrected chi connectivity index (χ3v) is 7.47. The van der Waals surface area contributed by atoms with E-state index in [1.807, 2.05) is 31.3 Å². The average Bonchev–Trinajstić information content (AvgIpc) is 3.60. The summed E-state index contributed by atoms with van der Waals surface area (Å²) in [6.07, 6.45) is 8.61. The number of aromatic nitrogens is 4. The lowest BCUT2D eigenvalue weighted by Gasteiger charge is -2.17. The van der Waals surface area contributed by atoms with E-state index in [0.717, 1.165) is 41.9 Å². The van der Waals surface area contributed by atoms with Gasteiger partial charge in [-0.1, -0.05) is 29.8 Å². The van der Waals surface area contributed by atoms with Crippen LogP contribution in [0.5, 0.6) is 0 Å². The number of amides is 1. The van der Waals surface area contributed by atoms with Crippen LogP contribution in [0.3, 0.4) is 0 Å². The molecule has 3 heterocycles. The van der Waals surface area contributed by atoms with E-state index in [9.17, 15) is 13.6 Å². The van der Waals surface area contributed by atoms with Crippen LogP contribution in [0.4, 0.5) is 26.0 Å². The Hall–Kier alpha value is -4.41. The Balaban J connectivity index is 1.48. The summed E-state index contributed by atoms with van der Waals surface area (Å²) in [5.41, 5.74) is 3.15. The molecule has 1 aliphatic rings. The van der Waals surface area contributed by atoms with Crippen LogP contribution in [0.1, 0.15) is 12.8 Å². The zero-order chi connectivity index (χ0) is 27.8. The van der Waals surface area contributed by atoms with Crippen molar-refractivity contribution in [3.05, 3.63) is 83.8 Å². The molecule has 6 rings (SSSR count). The van der Waals surface area contributed by atoms with Gasteiger partial charge in [0.05, 0.1) is 28.3 Å². The fraction of sp³-hybridized carbons (Fsp3) is 0.172. The van der Waals surface area contributed by atoms with Crippen molar-refractivity contribution in [2.45, 2.75) is 18.9 Å². The molecule has 0 radical (unpaired) electrons. The van der Waals surface area contributed by atoms with Crippen molar-refractivity contribution in [3.63, 3.8) is 0 Å². The third kappa shape index (κ3) is 4.87. The van der Waals surface area contributed by atoms with Crippen molar-refractivity contribution >= 4 is 56.5 Å². The van der Waals surface area contributed by atoms with Gasteiger partial charge in [-0.3, -0.25) is 14.8 Å². The lowest BCUT2D eigenvalue weighted by molar-refractivity contribution is -0.111. The van der Waals surface area contributed by atoms with Crippen LogP contribution in [-0.4, -0.2) is 50.6 Å². The van der Waals surface area contributed by atoms with Crippen molar-refractivity contribution in [3.8, 4) is 11.1 Å².